The molecular formula is C28H33N7O4S. The molecule has 2 unspecified atom stereocenters. The van der Waals surface area contributed by atoms with Gasteiger partial charge in [-0.2, -0.15) is 9.19 Å². The number of piperidine rings is 1. The van der Waals surface area contributed by atoms with Gasteiger partial charge in [-0.05, 0) is 50.0 Å². The quantitative estimate of drug-likeness (QED) is 0.367. The monoisotopic (exact) mass is 563 g/mol. The topological polar surface area (TPSA) is 146 Å². The van der Waals surface area contributed by atoms with Crippen LogP contribution < -0.4 is 10.2 Å². The van der Waals surface area contributed by atoms with Gasteiger partial charge >= 0.3 is 0 Å². The number of rotatable bonds is 7. The third kappa shape index (κ3) is 5.41. The molecule has 2 aliphatic carbocycles. The molecule has 0 radical (unpaired) electrons. The highest BCUT2D eigenvalue weighted by atomic mass is 32.2. The van der Waals surface area contributed by atoms with E-state index < -0.39 is 10.0 Å². The molecule has 11 nitrogen and oxygen atoms in total. The van der Waals surface area contributed by atoms with Crippen molar-refractivity contribution in [3.63, 3.8) is 0 Å². The lowest BCUT2D eigenvalue weighted by molar-refractivity contribution is 0.0550. The Morgan fingerprint density at radius 1 is 1.12 bits per heavy atom. The maximum Gasteiger partial charge on any atom is 0.256 e. The van der Waals surface area contributed by atoms with E-state index in [4.69, 9.17) is 0 Å². The maximum atomic E-state index is 12.5. The van der Waals surface area contributed by atoms with Crippen molar-refractivity contribution in [3.8, 4) is 23.2 Å². The summed E-state index contributed by atoms with van der Waals surface area (Å²) >= 11 is 0. The Kier molecular flexibility index (Phi) is 6.98. The van der Waals surface area contributed by atoms with E-state index in [-0.39, 0.29) is 29.3 Å². The minimum absolute atomic E-state index is 0.00672. The van der Waals surface area contributed by atoms with Gasteiger partial charge in [0.2, 0.25) is 0 Å². The van der Waals surface area contributed by atoms with Crippen molar-refractivity contribution in [1.82, 2.24) is 24.1 Å². The first-order chi connectivity index (χ1) is 19.2. The van der Waals surface area contributed by atoms with Crippen molar-refractivity contribution >= 4 is 27.3 Å². The number of anilines is 3. The summed E-state index contributed by atoms with van der Waals surface area (Å²) < 4.78 is 26.0. The van der Waals surface area contributed by atoms with Crippen molar-refractivity contribution in [1.29, 1.82) is 0 Å². The molecule has 3 aromatic heterocycles. The number of aliphatic hydroxyl groups is 2. The number of pyridine rings is 1. The van der Waals surface area contributed by atoms with Crippen LogP contribution in [0.5, 0.6) is 0 Å². The van der Waals surface area contributed by atoms with Gasteiger partial charge in [-0.15, -0.1) is 0 Å². The van der Waals surface area contributed by atoms with Crippen molar-refractivity contribution < 1.29 is 18.6 Å². The smallest absolute Gasteiger partial charge is 0.256 e. The maximum absolute atomic E-state index is 12.5. The molecule has 1 aliphatic heterocycles. The number of nitrogens with zero attached hydrogens (tertiary/aromatic N) is 6. The lowest BCUT2D eigenvalue weighted by Crippen LogP contribution is -2.40. The highest BCUT2D eigenvalue weighted by Crippen LogP contribution is 2.35. The zero-order valence-electron chi connectivity index (χ0n) is 22.4. The second-order valence-electron chi connectivity index (χ2n) is 11.3. The van der Waals surface area contributed by atoms with Crippen molar-refractivity contribution in [3.05, 3.63) is 42.5 Å². The van der Waals surface area contributed by atoms with Crippen molar-refractivity contribution in [2.24, 2.45) is 11.3 Å². The van der Waals surface area contributed by atoms with Crippen molar-refractivity contribution in [2.75, 3.05) is 29.9 Å². The van der Waals surface area contributed by atoms with Gasteiger partial charge in [0.05, 0.1) is 40.6 Å². The Morgan fingerprint density at radius 2 is 1.93 bits per heavy atom. The number of hydrogen-bond acceptors (Lipinski definition) is 10. The standard InChI is InChI=1S/C28H33N7O4S/c1-28(18-36)9-12-34(13-10-28)23-14-26(30-15-20(23)3-2-19-4-7-24(19)37)32-25-8-11-29-27(33-25)21-16-31-35(17-21)40(38,39)22-5-6-22/h8,11,14-17,19,22,24,36-37H,4-7,9-10,12-13,18H2,1H3,(H,29,30,32,33). The molecule has 0 aromatic carbocycles. The largest absolute Gasteiger partial charge is 0.396 e. The fraction of sp³-hybridized carbons (Fsp3) is 0.500. The summed E-state index contributed by atoms with van der Waals surface area (Å²) in [4.78, 5) is 15.7. The summed E-state index contributed by atoms with van der Waals surface area (Å²) in [5, 5.41) is 26.7. The molecule has 4 heterocycles. The normalized spacial score (nSPS) is 22.2. The molecule has 0 spiro atoms. The van der Waals surface area contributed by atoms with E-state index >= 15 is 0 Å². The predicted octanol–water partition coefficient (Wildman–Crippen LogP) is 2.54. The summed E-state index contributed by atoms with van der Waals surface area (Å²) in [5.74, 6) is 7.89. The lowest BCUT2D eigenvalue weighted by atomic mass is 9.81. The highest BCUT2D eigenvalue weighted by Gasteiger charge is 2.38. The highest BCUT2D eigenvalue weighted by molar-refractivity contribution is 7.90. The molecule has 2 atom stereocenters. The lowest BCUT2D eigenvalue weighted by Gasteiger charge is -2.39. The number of aliphatic hydroxyl groups excluding tert-OH is 2. The average Bonchev–Trinajstić information content (AvgIpc) is 3.70. The third-order valence-electron chi connectivity index (χ3n) is 8.14. The zero-order chi connectivity index (χ0) is 27.9. The van der Waals surface area contributed by atoms with Crippen LogP contribution in [0.1, 0.15) is 51.0 Å². The molecule has 2 saturated carbocycles. The molecular weight excluding hydrogens is 530 g/mol. The van der Waals surface area contributed by atoms with Crippen LogP contribution in [0.2, 0.25) is 0 Å². The summed E-state index contributed by atoms with van der Waals surface area (Å²) in [6, 6.07) is 3.67. The predicted molar refractivity (Wildman–Crippen MR) is 150 cm³/mol. The van der Waals surface area contributed by atoms with E-state index in [2.05, 4.69) is 49.0 Å². The molecule has 3 fully saturated rings. The van der Waals surface area contributed by atoms with Crippen LogP contribution in [-0.4, -0.2) is 73.8 Å². The Balaban J connectivity index is 1.25. The Morgan fingerprint density at radius 3 is 2.60 bits per heavy atom. The second kappa shape index (κ2) is 10.5. The molecule has 0 bridgehead atoms. The number of hydrogen-bond donors (Lipinski definition) is 3. The molecule has 1 saturated heterocycles. The van der Waals surface area contributed by atoms with Gasteiger partial charge in [-0.1, -0.05) is 18.8 Å². The third-order valence-corrected chi connectivity index (χ3v) is 10.2. The van der Waals surface area contributed by atoms with Gasteiger partial charge in [0.1, 0.15) is 11.6 Å². The van der Waals surface area contributed by atoms with Crippen molar-refractivity contribution in [2.45, 2.75) is 56.8 Å². The van der Waals surface area contributed by atoms with E-state index in [0.29, 0.717) is 35.9 Å². The van der Waals surface area contributed by atoms with Gasteiger partial charge in [0.25, 0.3) is 10.0 Å². The van der Waals surface area contributed by atoms with E-state index in [1.807, 2.05) is 6.07 Å². The summed E-state index contributed by atoms with van der Waals surface area (Å²) in [6.45, 7) is 3.84. The fourth-order valence-corrected chi connectivity index (χ4v) is 6.39. The van der Waals surface area contributed by atoms with E-state index in [1.54, 1.807) is 18.5 Å². The van der Waals surface area contributed by atoms with Crippen LogP contribution in [0, 0.1) is 23.2 Å². The number of nitrogens with one attached hydrogen (secondary N) is 1. The van der Waals surface area contributed by atoms with Gasteiger partial charge in [-0.25, -0.2) is 23.4 Å². The van der Waals surface area contributed by atoms with Gasteiger partial charge in [-0.3, -0.25) is 0 Å². The average molecular weight is 564 g/mol. The van der Waals surface area contributed by atoms with E-state index in [1.165, 1.54) is 12.4 Å². The number of aromatic nitrogens is 5. The minimum atomic E-state index is -3.47. The second-order valence-corrected chi connectivity index (χ2v) is 13.4. The fourth-order valence-electron chi connectivity index (χ4n) is 4.91. The molecule has 40 heavy (non-hydrogen) atoms. The van der Waals surface area contributed by atoms with Crippen LogP contribution in [0.3, 0.4) is 0 Å². The van der Waals surface area contributed by atoms with Crippen LogP contribution in [0.25, 0.3) is 11.4 Å². The molecule has 3 aromatic rings. The van der Waals surface area contributed by atoms with E-state index in [9.17, 15) is 18.6 Å². The van der Waals surface area contributed by atoms with Crippen LogP contribution in [0.15, 0.2) is 36.9 Å². The Hall–Kier alpha value is -3.53. The summed E-state index contributed by atoms with van der Waals surface area (Å²) in [5.41, 5.74) is 2.16. The minimum Gasteiger partial charge on any atom is -0.396 e. The first kappa shape index (κ1) is 26.7. The summed E-state index contributed by atoms with van der Waals surface area (Å²) in [6.07, 6.45) is 10.6. The van der Waals surface area contributed by atoms with Gasteiger partial charge < -0.3 is 20.4 Å². The zero-order valence-corrected chi connectivity index (χ0v) is 23.2. The Labute approximate surface area is 233 Å². The summed E-state index contributed by atoms with van der Waals surface area (Å²) in [7, 11) is -3.47. The first-order valence-electron chi connectivity index (χ1n) is 13.7. The molecule has 0 amide bonds. The first-order valence-corrected chi connectivity index (χ1v) is 15.2. The Bertz CT molecular complexity index is 1570. The molecule has 210 valence electrons. The van der Waals surface area contributed by atoms with Crippen LogP contribution in [-0.2, 0) is 10.0 Å². The van der Waals surface area contributed by atoms with Crippen LogP contribution in [0.4, 0.5) is 17.3 Å². The molecule has 12 heteroatoms. The van der Waals surface area contributed by atoms with Gasteiger partial charge in [0.15, 0.2) is 5.82 Å². The molecule has 3 N–H and O–H groups in total. The van der Waals surface area contributed by atoms with Crippen LogP contribution >= 0.6 is 0 Å². The van der Waals surface area contributed by atoms with E-state index in [0.717, 1.165) is 54.1 Å². The molecule has 6 rings (SSSR count). The molecule has 3 aliphatic rings. The SMILES string of the molecule is CC1(CO)CCN(c2cc(Nc3ccnc(-c4cnn(S(=O)(=O)C5CC5)c4)n3)ncc2C#CC2CCC2O)CC1. The van der Waals surface area contributed by atoms with Gasteiger partial charge in [0, 0.05) is 44.1 Å².